The van der Waals surface area contributed by atoms with Crippen LogP contribution in [0.25, 0.3) is 11.0 Å². The van der Waals surface area contributed by atoms with Gasteiger partial charge in [0.2, 0.25) is 17.6 Å². The van der Waals surface area contributed by atoms with Crippen molar-refractivity contribution in [1.82, 2.24) is 44.9 Å². The number of H-pyrrole nitrogens is 2. The maximum absolute atomic E-state index is 14.1. The number of carbonyl (C=O) groups is 4. The van der Waals surface area contributed by atoms with E-state index in [1.165, 1.54) is 14.2 Å². The lowest BCUT2D eigenvalue weighted by molar-refractivity contribution is -0.139. The normalized spacial score (nSPS) is 25.9. The Hall–Kier alpha value is -4.66. The molecule has 3 aromatic rings. The molecule has 1 spiro atoms. The minimum atomic E-state index is -0.694. The van der Waals surface area contributed by atoms with E-state index in [-0.39, 0.29) is 47.2 Å². The summed E-state index contributed by atoms with van der Waals surface area (Å²) in [5, 5.41) is 5.54. The van der Waals surface area contributed by atoms with Crippen molar-refractivity contribution in [2.45, 2.75) is 103 Å². The summed E-state index contributed by atoms with van der Waals surface area (Å²) in [5.41, 5.74) is 2.98. The number of quaternary nitrogens is 1. The number of nitrogens with zero attached hydrogens (tertiary/aromatic N) is 5. The molecule has 2 saturated carbocycles. The van der Waals surface area contributed by atoms with E-state index in [1.807, 2.05) is 43.7 Å². The van der Waals surface area contributed by atoms with E-state index < -0.39 is 24.3 Å². The molecular formula is C39H54N9O6+. The van der Waals surface area contributed by atoms with Crippen LogP contribution in [-0.2, 0) is 19.1 Å². The first-order chi connectivity index (χ1) is 25.9. The number of aromatic nitrogens is 4. The van der Waals surface area contributed by atoms with E-state index in [1.54, 1.807) is 0 Å². The molecule has 1 aromatic carbocycles. The monoisotopic (exact) mass is 744 g/mol. The molecule has 3 saturated heterocycles. The van der Waals surface area contributed by atoms with E-state index in [4.69, 9.17) is 19.4 Å². The van der Waals surface area contributed by atoms with Crippen LogP contribution in [0.1, 0.15) is 96.4 Å². The predicted molar refractivity (Wildman–Crippen MR) is 200 cm³/mol. The third-order valence-corrected chi connectivity index (χ3v) is 13.1. The van der Waals surface area contributed by atoms with Crippen molar-refractivity contribution in [2.75, 3.05) is 33.9 Å². The maximum atomic E-state index is 14.1. The van der Waals surface area contributed by atoms with Gasteiger partial charge < -0.3 is 34.9 Å². The van der Waals surface area contributed by atoms with Gasteiger partial charge in [0.25, 0.3) is 0 Å². The summed E-state index contributed by atoms with van der Waals surface area (Å²) < 4.78 is 10.3. The number of rotatable bonds is 10. The second-order valence-corrected chi connectivity index (χ2v) is 17.1. The summed E-state index contributed by atoms with van der Waals surface area (Å²) in [4.78, 5) is 73.7. The van der Waals surface area contributed by atoms with Gasteiger partial charge in [-0.2, -0.15) is 0 Å². The number of aromatic amines is 2. The Bertz CT molecular complexity index is 1950. The number of hydrogen-bond donors (Lipinski definition) is 4. The molecule has 4 amide bonds. The molecule has 2 aromatic heterocycles. The lowest BCUT2D eigenvalue weighted by atomic mass is 9.95. The number of hydrogen-bond acceptors (Lipinski definition) is 8. The number of ether oxygens (including phenoxy) is 2. The lowest BCUT2D eigenvalue weighted by Crippen LogP contribution is -2.55. The zero-order valence-electron chi connectivity index (χ0n) is 32.2. The second-order valence-electron chi connectivity index (χ2n) is 17.1. The SMILES string of the molecule is COC(=O)N[C@H](C(=O)N1CC2(CC2)C[C@H]1c1ncc([N+]2(c3ccc4nc([C@@H]5[C@H]6CC[C@H](C6)N5C(=O)[C@@H](NC(=O)OC)C(C)C)[nH]c4c3)CCC2)[nH]1)C(C)C. The number of amides is 4. The summed E-state index contributed by atoms with van der Waals surface area (Å²) in [6.07, 6.45) is 7.68. The van der Waals surface area contributed by atoms with Gasteiger partial charge in [-0.3, -0.25) is 14.6 Å². The number of likely N-dealkylation sites (tertiary alicyclic amines) is 2. The van der Waals surface area contributed by atoms with Gasteiger partial charge in [0.15, 0.2) is 0 Å². The van der Waals surface area contributed by atoms with E-state index in [9.17, 15) is 19.2 Å². The highest BCUT2D eigenvalue weighted by molar-refractivity contribution is 5.88. The van der Waals surface area contributed by atoms with Gasteiger partial charge in [0.05, 0.1) is 50.4 Å². The third-order valence-electron chi connectivity index (χ3n) is 13.1. The zero-order chi connectivity index (χ0) is 38.1. The quantitative estimate of drug-likeness (QED) is 0.205. The van der Waals surface area contributed by atoms with Crippen molar-refractivity contribution in [1.29, 1.82) is 0 Å². The van der Waals surface area contributed by atoms with Gasteiger partial charge in [0.1, 0.15) is 35.6 Å². The van der Waals surface area contributed by atoms with Crippen molar-refractivity contribution in [2.24, 2.45) is 23.2 Å². The number of nitrogens with one attached hydrogen (secondary N) is 4. The Balaban J connectivity index is 1.06. The molecule has 290 valence electrons. The third kappa shape index (κ3) is 6.08. The highest BCUT2D eigenvalue weighted by Crippen LogP contribution is 2.58. The largest absolute Gasteiger partial charge is 0.453 e. The minimum Gasteiger partial charge on any atom is -0.453 e. The van der Waals surface area contributed by atoms with Crippen LogP contribution in [0.5, 0.6) is 0 Å². The van der Waals surface area contributed by atoms with Crippen molar-refractivity contribution < 1.29 is 28.7 Å². The number of fused-ring (bicyclic) bond motifs is 3. The zero-order valence-corrected chi connectivity index (χ0v) is 32.2. The van der Waals surface area contributed by atoms with Crippen LogP contribution in [0, 0.1) is 23.2 Å². The molecule has 0 radical (unpaired) electrons. The van der Waals surface area contributed by atoms with Crippen LogP contribution < -0.4 is 15.1 Å². The Labute approximate surface area is 315 Å². The van der Waals surface area contributed by atoms with Gasteiger partial charge in [-0.05, 0) is 67.8 Å². The first kappa shape index (κ1) is 36.3. The maximum Gasteiger partial charge on any atom is 0.407 e. The fourth-order valence-electron chi connectivity index (χ4n) is 9.72. The standard InChI is InChI=1S/C39H53N9O6/c1-21(2)30(44-37(51)53-5)35(49)46-20-39(12-13-39)18-28(46)33-40-19-29(43-33)48(14-7-15-48)25-10-11-26-27(17-25)42-34(41-26)32-23-8-9-24(16-23)47(32)36(50)31(22(3)4)45-38(52)54-6/h10-11,17,19,21-24,28,30-32H,7-9,12-16,18,20H2,1-6H3,(H3-,40,41,42,43,44,45,51,52)/p+1/t23-,24+,28-,30-,31-,32-/m0/s1. The lowest BCUT2D eigenvalue weighted by Gasteiger charge is -2.43. The van der Waals surface area contributed by atoms with Crippen LogP contribution in [-0.4, -0.2) is 106 Å². The van der Waals surface area contributed by atoms with Crippen LogP contribution >= 0.6 is 0 Å². The summed E-state index contributed by atoms with van der Waals surface area (Å²) in [5.74, 6) is 2.42. The second kappa shape index (κ2) is 13.6. The Morgan fingerprint density at radius 1 is 0.926 bits per heavy atom. The Morgan fingerprint density at radius 2 is 1.61 bits per heavy atom. The number of alkyl carbamates (subject to hydrolysis) is 2. The van der Waals surface area contributed by atoms with Crippen LogP contribution in [0.15, 0.2) is 24.4 Å². The van der Waals surface area contributed by atoms with Crippen molar-refractivity contribution in [3.63, 3.8) is 0 Å². The molecular weight excluding hydrogens is 690 g/mol. The first-order valence-electron chi connectivity index (χ1n) is 19.6. The van der Waals surface area contributed by atoms with Gasteiger partial charge >= 0.3 is 12.2 Å². The molecule has 5 heterocycles. The predicted octanol–water partition coefficient (Wildman–Crippen LogP) is 5.20. The molecule has 15 heteroatoms. The van der Waals surface area contributed by atoms with Gasteiger partial charge in [-0.25, -0.2) is 24.0 Å². The fourth-order valence-corrected chi connectivity index (χ4v) is 9.72. The molecule has 6 atom stereocenters. The Morgan fingerprint density at radius 3 is 2.22 bits per heavy atom. The van der Waals surface area contributed by atoms with Gasteiger partial charge in [-0.15, -0.1) is 0 Å². The van der Waals surface area contributed by atoms with Crippen molar-refractivity contribution >= 4 is 46.5 Å². The molecule has 2 aliphatic carbocycles. The van der Waals surface area contributed by atoms with E-state index in [0.29, 0.717) is 16.9 Å². The minimum absolute atomic E-state index is 0.0940. The van der Waals surface area contributed by atoms with Gasteiger partial charge in [-0.1, -0.05) is 27.7 Å². The molecule has 8 rings (SSSR count). The average molecular weight is 745 g/mol. The molecule has 3 aliphatic heterocycles. The summed E-state index contributed by atoms with van der Waals surface area (Å²) in [7, 11) is 2.62. The molecule has 5 fully saturated rings. The highest BCUT2D eigenvalue weighted by atomic mass is 16.5. The van der Waals surface area contributed by atoms with Gasteiger partial charge in [0, 0.05) is 31.1 Å². The Kier molecular flexibility index (Phi) is 9.13. The van der Waals surface area contributed by atoms with Crippen LogP contribution in [0.2, 0.25) is 0 Å². The summed E-state index contributed by atoms with van der Waals surface area (Å²) in [6.45, 7) is 10.2. The number of benzene rings is 1. The number of methoxy groups -OCH3 is 2. The first-order valence-corrected chi connectivity index (χ1v) is 19.6. The number of piperidine rings is 1. The molecule has 15 nitrogen and oxygen atoms in total. The van der Waals surface area contributed by atoms with Crippen molar-refractivity contribution in [3.05, 3.63) is 36.0 Å². The number of imidazole rings is 2. The van der Waals surface area contributed by atoms with E-state index in [2.05, 4.69) is 38.8 Å². The fraction of sp³-hybridized carbons (Fsp3) is 0.641. The summed E-state index contributed by atoms with van der Waals surface area (Å²) in [6, 6.07) is 4.70. The van der Waals surface area contributed by atoms with E-state index in [0.717, 1.165) is 92.2 Å². The highest BCUT2D eigenvalue weighted by Gasteiger charge is 2.56. The van der Waals surface area contributed by atoms with Crippen molar-refractivity contribution in [3.8, 4) is 0 Å². The average Bonchev–Trinajstić information content (AvgIpc) is 3.72. The molecule has 4 N–H and O–H groups in total. The molecule has 5 aliphatic rings. The molecule has 2 bridgehead atoms. The van der Waals surface area contributed by atoms with E-state index >= 15 is 0 Å². The topological polar surface area (TPSA) is 175 Å². The number of carbonyl (C=O) groups excluding carboxylic acids is 4. The van der Waals surface area contributed by atoms with Crippen LogP contribution in [0.4, 0.5) is 21.1 Å². The molecule has 0 unspecified atom stereocenters. The molecule has 54 heavy (non-hydrogen) atoms. The summed E-state index contributed by atoms with van der Waals surface area (Å²) >= 11 is 0. The smallest absolute Gasteiger partial charge is 0.407 e. The van der Waals surface area contributed by atoms with Crippen LogP contribution in [0.3, 0.4) is 0 Å².